The molecule has 4 nitrogen and oxygen atoms in total. The maximum Gasteiger partial charge on any atom is 0.242 e. The summed E-state index contributed by atoms with van der Waals surface area (Å²) in [6.45, 7) is 2.11. The van der Waals surface area contributed by atoms with Crippen LogP contribution in [0.2, 0.25) is 0 Å². The first-order chi connectivity index (χ1) is 9.40. The molecule has 2 unspecified atom stereocenters. The average molecular weight is 361 g/mol. The van der Waals surface area contributed by atoms with E-state index in [1.54, 1.807) is 18.2 Å². The molecule has 0 amide bonds. The molecule has 0 radical (unpaired) electrons. The van der Waals surface area contributed by atoms with Crippen molar-refractivity contribution in [2.45, 2.75) is 50.0 Å². The van der Waals surface area contributed by atoms with E-state index >= 15 is 0 Å². The minimum Gasteiger partial charge on any atom is -0.398 e. The van der Waals surface area contributed by atoms with Crippen LogP contribution >= 0.6 is 15.9 Å². The minimum absolute atomic E-state index is 0.00514. The molecule has 0 aliphatic heterocycles. The van der Waals surface area contributed by atoms with Gasteiger partial charge in [0.1, 0.15) is 4.90 Å². The summed E-state index contributed by atoms with van der Waals surface area (Å²) < 4.78 is 28.6. The average Bonchev–Trinajstić information content (AvgIpc) is 2.54. The second kappa shape index (κ2) is 6.45. The quantitative estimate of drug-likeness (QED) is 0.641. The Labute approximate surface area is 129 Å². The van der Waals surface area contributed by atoms with Gasteiger partial charge in [0.15, 0.2) is 0 Å². The normalized spacial score (nSPS) is 24.3. The largest absolute Gasteiger partial charge is 0.398 e. The zero-order valence-corrected chi connectivity index (χ0v) is 14.0. The number of nitrogens with two attached hydrogens (primary N) is 1. The van der Waals surface area contributed by atoms with Gasteiger partial charge in [-0.3, -0.25) is 0 Å². The SMILES string of the molecule is CC1CCCCCC1NS(=O)(=O)c1ccc(Br)cc1N. The van der Waals surface area contributed by atoms with Gasteiger partial charge in [0.25, 0.3) is 0 Å². The van der Waals surface area contributed by atoms with Gasteiger partial charge in [-0.1, -0.05) is 42.1 Å². The molecule has 20 heavy (non-hydrogen) atoms. The second-order valence-electron chi connectivity index (χ2n) is 5.53. The van der Waals surface area contributed by atoms with E-state index in [4.69, 9.17) is 5.73 Å². The zero-order valence-electron chi connectivity index (χ0n) is 11.6. The highest BCUT2D eigenvalue weighted by Crippen LogP contribution is 2.27. The summed E-state index contributed by atoms with van der Waals surface area (Å²) in [6, 6.07) is 4.86. The van der Waals surface area contributed by atoms with Gasteiger partial charge < -0.3 is 5.73 Å². The summed E-state index contributed by atoms with van der Waals surface area (Å²) in [4.78, 5) is 0.164. The van der Waals surface area contributed by atoms with Crippen LogP contribution in [-0.2, 0) is 10.0 Å². The number of halogens is 1. The van der Waals surface area contributed by atoms with Crippen molar-refractivity contribution in [1.82, 2.24) is 4.72 Å². The van der Waals surface area contributed by atoms with Crippen molar-refractivity contribution in [3.8, 4) is 0 Å². The molecule has 2 rings (SSSR count). The van der Waals surface area contributed by atoms with Crippen LogP contribution in [0, 0.1) is 5.92 Å². The Bertz CT molecular complexity index is 575. The van der Waals surface area contributed by atoms with Gasteiger partial charge in [0.2, 0.25) is 10.0 Å². The van der Waals surface area contributed by atoms with Crippen LogP contribution < -0.4 is 10.5 Å². The Morgan fingerprint density at radius 1 is 1.25 bits per heavy atom. The first kappa shape index (κ1) is 15.8. The molecule has 1 fully saturated rings. The fraction of sp³-hybridized carbons (Fsp3) is 0.571. The molecule has 112 valence electrons. The lowest BCUT2D eigenvalue weighted by Crippen LogP contribution is -2.39. The van der Waals surface area contributed by atoms with E-state index in [2.05, 4.69) is 27.6 Å². The maximum atomic E-state index is 12.5. The van der Waals surface area contributed by atoms with Crippen molar-refractivity contribution in [3.63, 3.8) is 0 Å². The van der Waals surface area contributed by atoms with Gasteiger partial charge in [-0.05, 0) is 37.0 Å². The molecule has 0 heterocycles. The molecule has 1 saturated carbocycles. The Morgan fingerprint density at radius 2 is 1.95 bits per heavy atom. The summed E-state index contributed by atoms with van der Waals surface area (Å²) in [7, 11) is -3.55. The van der Waals surface area contributed by atoms with Gasteiger partial charge in [0, 0.05) is 10.5 Å². The molecule has 1 aliphatic carbocycles. The lowest BCUT2D eigenvalue weighted by atomic mass is 9.98. The third-order valence-electron chi connectivity index (χ3n) is 3.93. The number of hydrogen-bond donors (Lipinski definition) is 2. The van der Waals surface area contributed by atoms with Gasteiger partial charge in [-0.2, -0.15) is 0 Å². The molecule has 2 atom stereocenters. The maximum absolute atomic E-state index is 12.5. The first-order valence-corrected chi connectivity index (χ1v) is 9.25. The summed E-state index contributed by atoms with van der Waals surface area (Å²) >= 11 is 3.29. The molecule has 6 heteroatoms. The zero-order chi connectivity index (χ0) is 14.8. The van der Waals surface area contributed by atoms with Crippen molar-refractivity contribution < 1.29 is 8.42 Å². The number of anilines is 1. The Balaban J connectivity index is 2.21. The predicted molar refractivity (Wildman–Crippen MR) is 84.9 cm³/mol. The van der Waals surface area contributed by atoms with Crippen LogP contribution in [-0.4, -0.2) is 14.5 Å². The van der Waals surface area contributed by atoms with E-state index < -0.39 is 10.0 Å². The van der Waals surface area contributed by atoms with E-state index in [-0.39, 0.29) is 16.6 Å². The summed E-state index contributed by atoms with van der Waals surface area (Å²) in [6.07, 6.45) is 5.41. The van der Waals surface area contributed by atoms with Crippen LogP contribution in [0.1, 0.15) is 39.0 Å². The fourth-order valence-electron chi connectivity index (χ4n) is 2.69. The predicted octanol–water partition coefficient (Wildman–Crippen LogP) is 3.28. The standard InChI is InChI=1S/C14H21BrN2O2S/c1-10-5-3-2-4-6-13(10)17-20(18,19)14-8-7-11(15)9-12(14)16/h7-10,13,17H,2-6,16H2,1H3. The van der Waals surface area contributed by atoms with E-state index in [1.165, 1.54) is 12.8 Å². The van der Waals surface area contributed by atoms with Crippen LogP contribution in [0.15, 0.2) is 27.6 Å². The Kier molecular flexibility index (Phi) is 5.09. The van der Waals surface area contributed by atoms with Crippen LogP contribution in [0.4, 0.5) is 5.69 Å². The second-order valence-corrected chi connectivity index (χ2v) is 8.12. The highest BCUT2D eigenvalue weighted by molar-refractivity contribution is 9.10. The first-order valence-electron chi connectivity index (χ1n) is 6.97. The van der Waals surface area contributed by atoms with Gasteiger partial charge >= 0.3 is 0 Å². The van der Waals surface area contributed by atoms with E-state index in [9.17, 15) is 8.42 Å². The molecule has 1 aromatic carbocycles. The third kappa shape index (κ3) is 3.74. The minimum atomic E-state index is -3.55. The van der Waals surface area contributed by atoms with E-state index in [1.807, 2.05) is 0 Å². The molecule has 1 aromatic rings. The van der Waals surface area contributed by atoms with Crippen molar-refractivity contribution >= 4 is 31.6 Å². The molecule has 0 aromatic heterocycles. The Morgan fingerprint density at radius 3 is 2.65 bits per heavy atom. The number of sulfonamides is 1. The van der Waals surface area contributed by atoms with Crippen LogP contribution in [0.3, 0.4) is 0 Å². The smallest absolute Gasteiger partial charge is 0.242 e. The number of hydrogen-bond acceptors (Lipinski definition) is 3. The molecule has 0 bridgehead atoms. The van der Waals surface area contributed by atoms with E-state index in [0.29, 0.717) is 5.92 Å². The number of benzene rings is 1. The molecule has 0 saturated heterocycles. The summed E-state index contributed by atoms with van der Waals surface area (Å²) in [5.74, 6) is 0.365. The van der Waals surface area contributed by atoms with Gasteiger partial charge in [-0.15, -0.1) is 0 Å². The molecule has 1 aliphatic rings. The monoisotopic (exact) mass is 360 g/mol. The van der Waals surface area contributed by atoms with Crippen molar-refractivity contribution in [2.75, 3.05) is 5.73 Å². The summed E-state index contributed by atoms with van der Waals surface area (Å²) in [5.41, 5.74) is 6.10. The highest BCUT2D eigenvalue weighted by Gasteiger charge is 2.26. The van der Waals surface area contributed by atoms with Crippen LogP contribution in [0.5, 0.6) is 0 Å². The van der Waals surface area contributed by atoms with E-state index in [0.717, 1.165) is 23.7 Å². The Hall–Kier alpha value is -0.590. The topological polar surface area (TPSA) is 72.2 Å². The lowest BCUT2D eigenvalue weighted by molar-refractivity contribution is 0.399. The van der Waals surface area contributed by atoms with Crippen molar-refractivity contribution in [2.24, 2.45) is 5.92 Å². The molecular formula is C14H21BrN2O2S. The summed E-state index contributed by atoms with van der Waals surface area (Å²) in [5, 5.41) is 0. The lowest BCUT2D eigenvalue weighted by Gasteiger charge is -2.23. The molecular weight excluding hydrogens is 340 g/mol. The van der Waals surface area contributed by atoms with Gasteiger partial charge in [0.05, 0.1) is 5.69 Å². The van der Waals surface area contributed by atoms with Crippen molar-refractivity contribution in [1.29, 1.82) is 0 Å². The fourth-order valence-corrected chi connectivity index (χ4v) is 4.57. The number of nitrogens with one attached hydrogen (secondary N) is 1. The molecule has 0 spiro atoms. The third-order valence-corrected chi connectivity index (χ3v) is 5.99. The number of rotatable bonds is 3. The highest BCUT2D eigenvalue weighted by atomic mass is 79.9. The van der Waals surface area contributed by atoms with Gasteiger partial charge in [-0.25, -0.2) is 13.1 Å². The van der Waals surface area contributed by atoms with Crippen LogP contribution in [0.25, 0.3) is 0 Å². The number of nitrogen functional groups attached to an aromatic ring is 1. The van der Waals surface area contributed by atoms with Crippen molar-refractivity contribution in [3.05, 3.63) is 22.7 Å². The molecule has 3 N–H and O–H groups in total.